The number of esters is 1. The molecule has 0 unspecified atom stereocenters. The van der Waals surface area contributed by atoms with Gasteiger partial charge in [-0.2, -0.15) is 0 Å². The SMILES string of the molecule is COc1cccc(CNC(=O)COC(=O)c2cc(OC)c(OC)cc2[N+](=O)[O-])c1. The van der Waals surface area contributed by atoms with Gasteiger partial charge >= 0.3 is 5.97 Å². The zero-order valence-corrected chi connectivity index (χ0v) is 16.1. The topological polar surface area (TPSA) is 126 Å². The molecule has 0 aliphatic rings. The monoisotopic (exact) mass is 404 g/mol. The van der Waals surface area contributed by atoms with E-state index < -0.39 is 29.1 Å². The Balaban J connectivity index is 2.02. The molecule has 0 atom stereocenters. The minimum absolute atomic E-state index is 0.0896. The van der Waals surface area contributed by atoms with Crippen molar-refractivity contribution >= 4 is 17.6 Å². The van der Waals surface area contributed by atoms with Crippen LogP contribution in [0.15, 0.2) is 36.4 Å². The molecule has 0 heterocycles. The molecule has 0 aromatic heterocycles. The maximum absolute atomic E-state index is 12.3. The van der Waals surface area contributed by atoms with Crippen LogP contribution in [0.1, 0.15) is 15.9 Å². The van der Waals surface area contributed by atoms with E-state index in [9.17, 15) is 19.7 Å². The zero-order chi connectivity index (χ0) is 21.4. The Labute approximate surface area is 166 Å². The summed E-state index contributed by atoms with van der Waals surface area (Å²) in [6, 6.07) is 9.27. The maximum Gasteiger partial charge on any atom is 0.345 e. The number of nitrogens with one attached hydrogen (secondary N) is 1. The largest absolute Gasteiger partial charge is 0.497 e. The van der Waals surface area contributed by atoms with Crippen LogP contribution >= 0.6 is 0 Å². The van der Waals surface area contributed by atoms with Crippen molar-refractivity contribution in [3.63, 3.8) is 0 Å². The quantitative estimate of drug-likeness (QED) is 0.382. The number of nitro benzene ring substituents is 1. The first-order chi connectivity index (χ1) is 13.9. The number of benzene rings is 2. The second kappa shape index (κ2) is 9.93. The van der Waals surface area contributed by atoms with E-state index in [0.29, 0.717) is 5.75 Å². The molecule has 2 aromatic carbocycles. The van der Waals surface area contributed by atoms with Crippen LogP contribution in [0.25, 0.3) is 0 Å². The molecule has 0 spiro atoms. The summed E-state index contributed by atoms with van der Waals surface area (Å²) in [4.78, 5) is 34.7. The van der Waals surface area contributed by atoms with Crippen LogP contribution in [0.5, 0.6) is 17.2 Å². The first-order valence-corrected chi connectivity index (χ1v) is 8.36. The van der Waals surface area contributed by atoms with Crippen LogP contribution < -0.4 is 19.5 Å². The Kier molecular flexibility index (Phi) is 7.35. The summed E-state index contributed by atoms with van der Waals surface area (Å²) in [5.74, 6) is -0.748. The minimum Gasteiger partial charge on any atom is -0.497 e. The molecule has 10 nitrogen and oxygen atoms in total. The molecule has 0 bridgehead atoms. The van der Waals surface area contributed by atoms with Crippen molar-refractivity contribution in [2.75, 3.05) is 27.9 Å². The van der Waals surface area contributed by atoms with E-state index in [2.05, 4.69) is 5.32 Å². The van der Waals surface area contributed by atoms with Crippen molar-refractivity contribution in [2.24, 2.45) is 0 Å². The number of hydrogen-bond acceptors (Lipinski definition) is 8. The third kappa shape index (κ3) is 5.58. The van der Waals surface area contributed by atoms with Crippen LogP contribution in [0.3, 0.4) is 0 Å². The van der Waals surface area contributed by atoms with Crippen LogP contribution in [0, 0.1) is 10.1 Å². The summed E-state index contributed by atoms with van der Waals surface area (Å²) < 4.78 is 20.1. The Morgan fingerprint density at radius 1 is 1.03 bits per heavy atom. The second-order valence-electron chi connectivity index (χ2n) is 5.69. The van der Waals surface area contributed by atoms with Crippen molar-refractivity contribution in [1.29, 1.82) is 0 Å². The molecule has 0 saturated heterocycles. The van der Waals surface area contributed by atoms with Gasteiger partial charge in [0.15, 0.2) is 18.1 Å². The highest BCUT2D eigenvalue weighted by Gasteiger charge is 2.26. The van der Waals surface area contributed by atoms with Gasteiger partial charge in [0.05, 0.1) is 32.3 Å². The molecule has 0 fully saturated rings. The lowest BCUT2D eigenvalue weighted by molar-refractivity contribution is -0.385. The summed E-state index contributed by atoms with van der Waals surface area (Å²) in [5, 5.41) is 13.8. The molecule has 0 saturated carbocycles. The number of nitro groups is 1. The Hall–Kier alpha value is -3.82. The predicted octanol–water partition coefficient (Wildman–Crippen LogP) is 2.09. The van der Waals surface area contributed by atoms with Crippen molar-refractivity contribution < 1.29 is 33.5 Å². The second-order valence-corrected chi connectivity index (χ2v) is 5.69. The van der Waals surface area contributed by atoms with Gasteiger partial charge in [-0.05, 0) is 17.7 Å². The van der Waals surface area contributed by atoms with E-state index in [0.717, 1.165) is 17.7 Å². The third-order valence-electron chi connectivity index (χ3n) is 3.88. The molecule has 0 aliphatic heterocycles. The summed E-state index contributed by atoms with van der Waals surface area (Å²) in [7, 11) is 4.17. The van der Waals surface area contributed by atoms with E-state index in [1.807, 2.05) is 0 Å². The standard InChI is InChI=1S/C19H20N2O8/c1-26-13-6-4-5-12(7-13)10-20-18(22)11-29-19(23)14-8-16(27-2)17(28-3)9-15(14)21(24)25/h4-9H,10-11H2,1-3H3,(H,20,22). The summed E-state index contributed by atoms with van der Waals surface area (Å²) in [5.41, 5.74) is -0.0859. The van der Waals surface area contributed by atoms with Gasteiger partial charge < -0.3 is 24.3 Å². The van der Waals surface area contributed by atoms with Gasteiger partial charge in [-0.3, -0.25) is 14.9 Å². The van der Waals surface area contributed by atoms with Crippen molar-refractivity contribution in [3.05, 3.63) is 57.6 Å². The van der Waals surface area contributed by atoms with E-state index in [-0.39, 0.29) is 23.6 Å². The van der Waals surface area contributed by atoms with Crippen LogP contribution in [-0.2, 0) is 16.1 Å². The fourth-order valence-corrected chi connectivity index (χ4v) is 2.43. The number of rotatable bonds is 9. The van der Waals surface area contributed by atoms with Gasteiger partial charge in [-0.1, -0.05) is 12.1 Å². The van der Waals surface area contributed by atoms with Crippen molar-refractivity contribution in [1.82, 2.24) is 5.32 Å². The minimum atomic E-state index is -1.03. The Bertz CT molecular complexity index is 913. The molecule has 10 heteroatoms. The van der Waals surface area contributed by atoms with Crippen molar-refractivity contribution in [2.45, 2.75) is 6.54 Å². The fraction of sp³-hybridized carbons (Fsp3) is 0.263. The molecule has 1 amide bonds. The molecule has 0 radical (unpaired) electrons. The van der Waals surface area contributed by atoms with Crippen LogP contribution in [0.2, 0.25) is 0 Å². The van der Waals surface area contributed by atoms with Gasteiger partial charge in [0.25, 0.3) is 11.6 Å². The predicted molar refractivity (Wildman–Crippen MR) is 101 cm³/mol. The van der Waals surface area contributed by atoms with Gasteiger partial charge in [0.2, 0.25) is 0 Å². The summed E-state index contributed by atoms with van der Waals surface area (Å²) >= 11 is 0. The van der Waals surface area contributed by atoms with Gasteiger partial charge in [-0.15, -0.1) is 0 Å². The molecule has 1 N–H and O–H groups in total. The molecule has 154 valence electrons. The fourth-order valence-electron chi connectivity index (χ4n) is 2.43. The first kappa shape index (κ1) is 21.5. The van der Waals surface area contributed by atoms with E-state index in [1.165, 1.54) is 21.3 Å². The van der Waals surface area contributed by atoms with Gasteiger partial charge in [0, 0.05) is 12.6 Å². The normalized spacial score (nSPS) is 10.0. The zero-order valence-electron chi connectivity index (χ0n) is 16.1. The number of hydrogen-bond donors (Lipinski definition) is 1. The third-order valence-corrected chi connectivity index (χ3v) is 3.88. The lowest BCUT2D eigenvalue weighted by Crippen LogP contribution is -2.28. The van der Waals surface area contributed by atoms with E-state index >= 15 is 0 Å². The molecule has 29 heavy (non-hydrogen) atoms. The summed E-state index contributed by atoms with van der Waals surface area (Å²) in [6.07, 6.45) is 0. The molecular weight excluding hydrogens is 384 g/mol. The number of methoxy groups -OCH3 is 3. The van der Waals surface area contributed by atoms with Crippen molar-refractivity contribution in [3.8, 4) is 17.2 Å². The lowest BCUT2D eigenvalue weighted by Gasteiger charge is -2.11. The highest BCUT2D eigenvalue weighted by atomic mass is 16.6. The lowest BCUT2D eigenvalue weighted by atomic mass is 10.1. The Morgan fingerprint density at radius 3 is 2.34 bits per heavy atom. The number of ether oxygens (including phenoxy) is 4. The smallest absolute Gasteiger partial charge is 0.345 e. The van der Waals surface area contributed by atoms with Crippen LogP contribution in [-0.4, -0.2) is 44.7 Å². The number of nitrogens with zero attached hydrogens (tertiary/aromatic N) is 1. The number of carbonyl (C=O) groups is 2. The average molecular weight is 404 g/mol. The summed E-state index contributed by atoms with van der Waals surface area (Å²) in [6.45, 7) is -0.404. The Morgan fingerprint density at radius 2 is 1.72 bits per heavy atom. The molecule has 0 aliphatic carbocycles. The average Bonchev–Trinajstić information content (AvgIpc) is 2.74. The number of carbonyl (C=O) groups excluding carboxylic acids is 2. The highest BCUT2D eigenvalue weighted by molar-refractivity contribution is 5.96. The van der Waals surface area contributed by atoms with E-state index in [4.69, 9.17) is 18.9 Å². The molecular formula is C19H20N2O8. The maximum atomic E-state index is 12.3. The number of amides is 1. The molecule has 2 rings (SSSR count). The molecule has 2 aromatic rings. The van der Waals surface area contributed by atoms with Gasteiger partial charge in [-0.25, -0.2) is 4.79 Å². The van der Waals surface area contributed by atoms with E-state index in [1.54, 1.807) is 24.3 Å². The highest BCUT2D eigenvalue weighted by Crippen LogP contribution is 2.34. The van der Waals surface area contributed by atoms with Crippen LogP contribution in [0.4, 0.5) is 5.69 Å². The van der Waals surface area contributed by atoms with Gasteiger partial charge in [0.1, 0.15) is 11.3 Å². The first-order valence-electron chi connectivity index (χ1n) is 8.36.